The molecule has 0 bridgehead atoms. The molecule has 34 heavy (non-hydrogen) atoms. The Labute approximate surface area is 207 Å². The summed E-state index contributed by atoms with van der Waals surface area (Å²) in [6.07, 6.45) is 1.62. The molecule has 172 valence electrons. The maximum absolute atomic E-state index is 12.3. The molecule has 0 atom stereocenters. The third-order valence-corrected chi connectivity index (χ3v) is 5.91. The number of hydrogen-bond donors (Lipinski definition) is 1. The van der Waals surface area contributed by atoms with E-state index in [0.29, 0.717) is 12.4 Å². The Bertz CT molecular complexity index is 1310. The smallest absolute Gasteiger partial charge is 0.277 e. The molecule has 0 aliphatic carbocycles. The van der Waals surface area contributed by atoms with Gasteiger partial charge in [-0.05, 0) is 59.5 Å². The molecule has 0 heterocycles. The first kappa shape index (κ1) is 23.5. The van der Waals surface area contributed by atoms with Crippen LogP contribution in [0.5, 0.6) is 11.5 Å². The molecule has 0 aliphatic rings. The molecular weight excluding hydrogens is 492 g/mol. The Balaban J connectivity index is 1.47. The highest BCUT2D eigenvalue weighted by Crippen LogP contribution is 2.27. The van der Waals surface area contributed by atoms with E-state index in [1.165, 1.54) is 0 Å². The number of benzene rings is 4. The summed E-state index contributed by atoms with van der Waals surface area (Å²) in [5.74, 6) is 1.07. The van der Waals surface area contributed by atoms with Crippen LogP contribution in [-0.4, -0.2) is 18.7 Å². The molecule has 6 heteroatoms. The van der Waals surface area contributed by atoms with Gasteiger partial charge in [0.05, 0.1) is 6.21 Å². The van der Waals surface area contributed by atoms with Crippen molar-refractivity contribution < 1.29 is 14.3 Å². The lowest BCUT2D eigenvalue weighted by atomic mass is 10.0. The van der Waals surface area contributed by atoms with E-state index in [4.69, 9.17) is 9.47 Å². The molecule has 4 aromatic rings. The number of ether oxygens (including phenoxy) is 2. The molecule has 0 saturated heterocycles. The minimum absolute atomic E-state index is 0.120. The zero-order chi connectivity index (χ0) is 23.9. The largest absolute Gasteiger partial charge is 0.488 e. The highest BCUT2D eigenvalue weighted by molar-refractivity contribution is 9.10. The van der Waals surface area contributed by atoms with Crippen LogP contribution in [0.4, 0.5) is 0 Å². The molecule has 0 aliphatic heterocycles. The van der Waals surface area contributed by atoms with Crippen molar-refractivity contribution in [1.82, 2.24) is 5.43 Å². The quantitative estimate of drug-likeness (QED) is 0.220. The van der Waals surface area contributed by atoms with Crippen LogP contribution < -0.4 is 14.9 Å². The number of carbonyl (C=O) groups excluding carboxylic acids is 1. The lowest BCUT2D eigenvalue weighted by Gasteiger charge is -2.12. The van der Waals surface area contributed by atoms with Gasteiger partial charge in [0.15, 0.2) is 6.61 Å². The predicted molar refractivity (Wildman–Crippen MR) is 140 cm³/mol. The Morgan fingerprint density at radius 3 is 2.41 bits per heavy atom. The van der Waals surface area contributed by atoms with Crippen LogP contribution in [0.15, 0.2) is 88.4 Å². The highest BCUT2D eigenvalue weighted by atomic mass is 79.9. The van der Waals surface area contributed by atoms with Gasteiger partial charge in [-0.2, -0.15) is 5.10 Å². The normalized spacial score (nSPS) is 11.0. The number of aryl methyl sites for hydroxylation is 2. The minimum Gasteiger partial charge on any atom is -0.488 e. The van der Waals surface area contributed by atoms with Gasteiger partial charge >= 0.3 is 0 Å². The van der Waals surface area contributed by atoms with Gasteiger partial charge in [-0.3, -0.25) is 4.79 Å². The van der Waals surface area contributed by atoms with Gasteiger partial charge in [0.25, 0.3) is 5.91 Å². The summed E-state index contributed by atoms with van der Waals surface area (Å²) in [4.78, 5) is 12.3. The predicted octanol–water partition coefficient (Wildman–Crippen LogP) is 6.33. The second-order valence-corrected chi connectivity index (χ2v) is 8.83. The summed E-state index contributed by atoms with van der Waals surface area (Å²) in [6.45, 7) is 4.21. The number of rotatable bonds is 8. The number of fused-ring (bicyclic) bond motifs is 1. The van der Waals surface area contributed by atoms with Crippen molar-refractivity contribution in [3.8, 4) is 11.5 Å². The van der Waals surface area contributed by atoms with Gasteiger partial charge in [-0.25, -0.2) is 5.43 Å². The zero-order valence-corrected chi connectivity index (χ0v) is 20.6. The molecule has 0 aromatic heterocycles. The molecule has 4 rings (SSSR count). The number of hydrazone groups is 1. The molecule has 0 fully saturated rings. The standard InChI is InChI=1S/C28H25BrN2O3/c1-19-6-5-7-20(2)28(19)34-18-27(32)31-30-16-25-24-9-4-3-8-22(24)12-15-26(25)33-17-21-10-13-23(29)14-11-21/h3-16H,17-18H2,1-2H3,(H,31,32)/b30-16-. The number of halogens is 1. The van der Waals surface area contributed by atoms with Crippen molar-refractivity contribution in [3.63, 3.8) is 0 Å². The second-order valence-electron chi connectivity index (χ2n) is 7.92. The topological polar surface area (TPSA) is 59.9 Å². The summed E-state index contributed by atoms with van der Waals surface area (Å²) >= 11 is 3.45. The second kappa shape index (κ2) is 11.0. The van der Waals surface area contributed by atoms with Crippen molar-refractivity contribution in [2.24, 2.45) is 5.10 Å². The van der Waals surface area contributed by atoms with Crippen LogP contribution >= 0.6 is 15.9 Å². The molecular formula is C28H25BrN2O3. The Morgan fingerprint density at radius 1 is 0.912 bits per heavy atom. The average molecular weight is 517 g/mol. The fraction of sp³-hybridized carbons (Fsp3) is 0.143. The van der Waals surface area contributed by atoms with Crippen molar-refractivity contribution >= 4 is 38.8 Å². The fourth-order valence-corrected chi connectivity index (χ4v) is 3.91. The van der Waals surface area contributed by atoms with Crippen LogP contribution in [0.3, 0.4) is 0 Å². The van der Waals surface area contributed by atoms with Crippen molar-refractivity contribution in [1.29, 1.82) is 0 Å². The third kappa shape index (κ3) is 5.83. The van der Waals surface area contributed by atoms with E-state index in [-0.39, 0.29) is 12.5 Å². The van der Waals surface area contributed by atoms with E-state index in [1.54, 1.807) is 6.21 Å². The van der Waals surface area contributed by atoms with E-state index >= 15 is 0 Å². The van der Waals surface area contributed by atoms with Gasteiger partial charge in [0.2, 0.25) is 0 Å². The van der Waals surface area contributed by atoms with Crippen LogP contribution in [0, 0.1) is 13.8 Å². The summed E-state index contributed by atoms with van der Waals surface area (Å²) in [6, 6.07) is 25.8. The molecule has 4 aromatic carbocycles. The van der Waals surface area contributed by atoms with E-state index in [0.717, 1.165) is 43.2 Å². The van der Waals surface area contributed by atoms with Crippen molar-refractivity contribution in [3.05, 3.63) is 106 Å². The number of carbonyl (C=O) groups is 1. The van der Waals surface area contributed by atoms with Gasteiger partial charge in [0.1, 0.15) is 18.1 Å². The minimum atomic E-state index is -0.337. The maximum Gasteiger partial charge on any atom is 0.277 e. The lowest BCUT2D eigenvalue weighted by molar-refractivity contribution is -0.123. The third-order valence-electron chi connectivity index (χ3n) is 5.38. The van der Waals surface area contributed by atoms with Crippen LogP contribution in [0.2, 0.25) is 0 Å². The summed E-state index contributed by atoms with van der Waals surface area (Å²) in [5, 5.41) is 6.23. The van der Waals surface area contributed by atoms with Gasteiger partial charge in [0, 0.05) is 10.0 Å². The molecule has 0 radical (unpaired) electrons. The number of hydrogen-bond acceptors (Lipinski definition) is 4. The Hall–Kier alpha value is -3.64. The summed E-state index contributed by atoms with van der Waals surface area (Å²) < 4.78 is 12.8. The van der Waals surface area contributed by atoms with E-state index in [2.05, 4.69) is 26.5 Å². The SMILES string of the molecule is Cc1cccc(C)c1OCC(=O)N/N=C\c1c(OCc2ccc(Br)cc2)ccc2ccccc12. The molecule has 1 N–H and O–H groups in total. The molecule has 0 unspecified atom stereocenters. The van der Waals surface area contributed by atoms with Gasteiger partial charge in [-0.15, -0.1) is 0 Å². The van der Waals surface area contributed by atoms with Gasteiger partial charge < -0.3 is 9.47 Å². The molecule has 0 saturated carbocycles. The maximum atomic E-state index is 12.3. The Morgan fingerprint density at radius 2 is 1.65 bits per heavy atom. The molecule has 1 amide bonds. The number of para-hydroxylation sites is 1. The fourth-order valence-electron chi connectivity index (χ4n) is 3.64. The highest BCUT2D eigenvalue weighted by Gasteiger charge is 2.09. The van der Waals surface area contributed by atoms with E-state index in [9.17, 15) is 4.79 Å². The van der Waals surface area contributed by atoms with Crippen molar-refractivity contribution in [2.45, 2.75) is 20.5 Å². The van der Waals surface area contributed by atoms with E-state index in [1.807, 2.05) is 92.7 Å². The Kier molecular flexibility index (Phi) is 7.60. The first-order chi connectivity index (χ1) is 16.5. The first-order valence-electron chi connectivity index (χ1n) is 10.9. The zero-order valence-electron chi connectivity index (χ0n) is 19.0. The molecule has 5 nitrogen and oxygen atoms in total. The first-order valence-corrected chi connectivity index (χ1v) is 11.7. The van der Waals surface area contributed by atoms with Gasteiger partial charge in [-0.1, -0.05) is 76.6 Å². The summed E-state index contributed by atoms with van der Waals surface area (Å²) in [5.41, 5.74) is 6.38. The lowest BCUT2D eigenvalue weighted by Crippen LogP contribution is -2.25. The monoisotopic (exact) mass is 516 g/mol. The molecule has 0 spiro atoms. The number of amides is 1. The van der Waals surface area contributed by atoms with Crippen LogP contribution in [-0.2, 0) is 11.4 Å². The van der Waals surface area contributed by atoms with Crippen LogP contribution in [0.1, 0.15) is 22.3 Å². The van der Waals surface area contributed by atoms with E-state index < -0.39 is 0 Å². The van der Waals surface area contributed by atoms with Crippen molar-refractivity contribution in [2.75, 3.05) is 6.61 Å². The number of nitrogens with zero attached hydrogens (tertiary/aromatic N) is 1. The van der Waals surface area contributed by atoms with Crippen LogP contribution in [0.25, 0.3) is 10.8 Å². The summed E-state index contributed by atoms with van der Waals surface area (Å²) in [7, 11) is 0. The average Bonchev–Trinajstić information content (AvgIpc) is 2.84. The number of nitrogens with one attached hydrogen (secondary N) is 1.